The van der Waals surface area contributed by atoms with E-state index in [1.807, 2.05) is 31.2 Å². The molecular formula is C20H27N3O2S. The molecule has 6 heteroatoms. The highest BCUT2D eigenvalue weighted by atomic mass is 32.2. The summed E-state index contributed by atoms with van der Waals surface area (Å²) in [6.45, 7) is 4.86. The maximum atomic E-state index is 12.8. The topological polar surface area (TPSA) is 64.0 Å². The lowest BCUT2D eigenvalue weighted by atomic mass is 9.86. The van der Waals surface area contributed by atoms with Gasteiger partial charge in [-0.3, -0.25) is 14.2 Å². The largest absolute Gasteiger partial charge is 0.352 e. The Morgan fingerprint density at radius 3 is 2.85 bits per heavy atom. The molecule has 2 aromatic rings. The van der Waals surface area contributed by atoms with Crippen LogP contribution in [-0.2, 0) is 11.3 Å². The van der Waals surface area contributed by atoms with Gasteiger partial charge in [-0.15, -0.1) is 0 Å². The summed E-state index contributed by atoms with van der Waals surface area (Å²) in [5, 5.41) is 4.42. The van der Waals surface area contributed by atoms with E-state index in [2.05, 4.69) is 17.2 Å². The van der Waals surface area contributed by atoms with Crippen molar-refractivity contribution < 1.29 is 4.79 Å². The first-order valence-corrected chi connectivity index (χ1v) is 10.5. The Morgan fingerprint density at radius 1 is 1.31 bits per heavy atom. The minimum absolute atomic E-state index is 0.0266. The highest BCUT2D eigenvalue weighted by Crippen LogP contribution is 2.24. The van der Waals surface area contributed by atoms with Gasteiger partial charge in [-0.25, -0.2) is 4.98 Å². The minimum Gasteiger partial charge on any atom is -0.352 e. The fourth-order valence-electron chi connectivity index (χ4n) is 3.59. The van der Waals surface area contributed by atoms with Crippen LogP contribution in [0.15, 0.2) is 34.2 Å². The Kier molecular flexibility index (Phi) is 6.35. The second-order valence-corrected chi connectivity index (χ2v) is 8.04. The molecular weight excluding hydrogens is 346 g/mol. The van der Waals surface area contributed by atoms with Crippen molar-refractivity contribution in [3.8, 4) is 0 Å². The van der Waals surface area contributed by atoms with Crippen LogP contribution in [-0.4, -0.2) is 27.3 Å². The molecule has 0 radical (unpaired) electrons. The number of carbonyl (C=O) groups is 1. The summed E-state index contributed by atoms with van der Waals surface area (Å²) in [7, 11) is 0. The lowest BCUT2D eigenvalue weighted by Crippen LogP contribution is -2.41. The van der Waals surface area contributed by atoms with Crippen molar-refractivity contribution in [2.45, 2.75) is 63.7 Å². The quantitative estimate of drug-likeness (QED) is 0.621. The second kappa shape index (κ2) is 8.71. The number of thioether (sulfide) groups is 1. The molecule has 0 aliphatic heterocycles. The van der Waals surface area contributed by atoms with Crippen LogP contribution in [0, 0.1) is 5.92 Å². The summed E-state index contributed by atoms with van der Waals surface area (Å²) in [6, 6.07) is 7.67. The van der Waals surface area contributed by atoms with E-state index >= 15 is 0 Å². The molecule has 1 aromatic carbocycles. The number of hydrogen-bond donors (Lipinski definition) is 1. The van der Waals surface area contributed by atoms with Crippen LogP contribution in [0.1, 0.15) is 46.0 Å². The number of para-hydroxylation sites is 1. The third-order valence-corrected chi connectivity index (χ3v) is 6.04. The van der Waals surface area contributed by atoms with Crippen molar-refractivity contribution >= 4 is 28.6 Å². The number of aromatic nitrogens is 2. The van der Waals surface area contributed by atoms with Gasteiger partial charge in [0.05, 0.1) is 16.7 Å². The van der Waals surface area contributed by atoms with Gasteiger partial charge in [0.2, 0.25) is 5.91 Å². The molecule has 0 unspecified atom stereocenters. The summed E-state index contributed by atoms with van der Waals surface area (Å²) in [5.41, 5.74) is 0.662. The standard InChI is InChI=1S/C20H27N3O2S/c1-3-12-23-19(25)15-9-5-7-11-17(15)22-20(23)26-13-18(24)21-16-10-6-4-8-14(16)2/h5,7,9,11,14,16H,3-4,6,8,10,12-13H2,1-2H3,(H,21,24)/t14-,16-/m1/s1. The Bertz CT molecular complexity index is 833. The molecule has 1 saturated carbocycles. The molecule has 26 heavy (non-hydrogen) atoms. The second-order valence-electron chi connectivity index (χ2n) is 7.09. The molecule has 1 aliphatic carbocycles. The first-order valence-electron chi connectivity index (χ1n) is 9.52. The van der Waals surface area contributed by atoms with Crippen molar-refractivity contribution in [3.05, 3.63) is 34.6 Å². The first-order chi connectivity index (χ1) is 12.6. The van der Waals surface area contributed by atoms with E-state index < -0.39 is 0 Å². The zero-order valence-electron chi connectivity index (χ0n) is 15.5. The molecule has 0 bridgehead atoms. The average molecular weight is 374 g/mol. The lowest BCUT2D eigenvalue weighted by molar-refractivity contribution is -0.119. The van der Waals surface area contributed by atoms with Crippen LogP contribution in [0.5, 0.6) is 0 Å². The lowest BCUT2D eigenvalue weighted by Gasteiger charge is -2.29. The molecule has 3 rings (SSSR count). The van der Waals surface area contributed by atoms with E-state index in [-0.39, 0.29) is 23.3 Å². The molecule has 1 N–H and O–H groups in total. The molecule has 0 spiro atoms. The van der Waals surface area contributed by atoms with Crippen LogP contribution in [0.4, 0.5) is 0 Å². The van der Waals surface area contributed by atoms with Crippen LogP contribution in [0.2, 0.25) is 0 Å². The minimum atomic E-state index is -0.0266. The molecule has 2 atom stereocenters. The molecule has 5 nitrogen and oxygen atoms in total. The Balaban J connectivity index is 1.74. The summed E-state index contributed by atoms with van der Waals surface area (Å²) in [4.78, 5) is 29.8. The van der Waals surface area contributed by atoms with Gasteiger partial charge in [-0.05, 0) is 37.3 Å². The molecule has 140 valence electrons. The van der Waals surface area contributed by atoms with Gasteiger partial charge < -0.3 is 5.32 Å². The Labute approximate surface area is 158 Å². The highest BCUT2D eigenvalue weighted by Gasteiger charge is 2.23. The summed E-state index contributed by atoms with van der Waals surface area (Å²) in [5.74, 6) is 0.853. The number of amides is 1. The number of carbonyl (C=O) groups excluding carboxylic acids is 1. The van der Waals surface area contributed by atoms with Crippen LogP contribution >= 0.6 is 11.8 Å². The number of fused-ring (bicyclic) bond motifs is 1. The van der Waals surface area contributed by atoms with Crippen LogP contribution in [0.3, 0.4) is 0 Å². The molecule has 1 fully saturated rings. The third-order valence-electron chi connectivity index (χ3n) is 5.06. The zero-order chi connectivity index (χ0) is 18.5. The number of hydrogen-bond acceptors (Lipinski definition) is 4. The van der Waals surface area contributed by atoms with Crippen LogP contribution in [0.25, 0.3) is 10.9 Å². The number of nitrogens with one attached hydrogen (secondary N) is 1. The predicted molar refractivity (Wildman–Crippen MR) is 107 cm³/mol. The molecule has 1 heterocycles. The van der Waals surface area contributed by atoms with Gasteiger partial charge in [-0.1, -0.05) is 50.6 Å². The van der Waals surface area contributed by atoms with Crippen molar-refractivity contribution in [2.24, 2.45) is 5.92 Å². The fraction of sp³-hybridized carbons (Fsp3) is 0.550. The van der Waals surface area contributed by atoms with Gasteiger partial charge in [-0.2, -0.15) is 0 Å². The van der Waals surface area contributed by atoms with E-state index in [1.165, 1.54) is 31.0 Å². The van der Waals surface area contributed by atoms with Crippen LogP contribution < -0.4 is 10.9 Å². The summed E-state index contributed by atoms with van der Waals surface area (Å²) < 4.78 is 1.70. The van der Waals surface area contributed by atoms with Crippen molar-refractivity contribution in [3.63, 3.8) is 0 Å². The maximum absolute atomic E-state index is 12.8. The van der Waals surface area contributed by atoms with Gasteiger partial charge in [0.25, 0.3) is 5.56 Å². The van der Waals surface area contributed by atoms with E-state index in [0.717, 1.165) is 12.8 Å². The molecule has 1 aliphatic rings. The number of benzene rings is 1. The van der Waals surface area contributed by atoms with E-state index in [1.54, 1.807) is 4.57 Å². The summed E-state index contributed by atoms with van der Waals surface area (Å²) >= 11 is 1.35. The fourth-order valence-corrected chi connectivity index (χ4v) is 4.42. The predicted octanol–water partition coefficient (Wildman–Crippen LogP) is 3.59. The van der Waals surface area contributed by atoms with Crippen molar-refractivity contribution in [1.29, 1.82) is 0 Å². The van der Waals surface area contributed by atoms with Crippen molar-refractivity contribution in [1.82, 2.24) is 14.9 Å². The van der Waals surface area contributed by atoms with Gasteiger partial charge in [0.1, 0.15) is 0 Å². The molecule has 1 aromatic heterocycles. The SMILES string of the molecule is CCCn1c(SCC(=O)N[C@@H]2CCCC[C@H]2C)nc2ccccc2c1=O. The van der Waals surface area contributed by atoms with Gasteiger partial charge >= 0.3 is 0 Å². The summed E-state index contributed by atoms with van der Waals surface area (Å²) in [6.07, 6.45) is 5.53. The Hall–Kier alpha value is -1.82. The van der Waals surface area contributed by atoms with E-state index in [9.17, 15) is 9.59 Å². The van der Waals surface area contributed by atoms with Gasteiger partial charge in [0.15, 0.2) is 5.16 Å². The monoisotopic (exact) mass is 373 g/mol. The number of rotatable bonds is 6. The third kappa shape index (κ3) is 4.29. The average Bonchev–Trinajstić information content (AvgIpc) is 2.64. The van der Waals surface area contributed by atoms with E-state index in [0.29, 0.717) is 28.5 Å². The molecule has 1 amide bonds. The molecule has 0 saturated heterocycles. The highest BCUT2D eigenvalue weighted by molar-refractivity contribution is 7.99. The number of nitrogens with zero attached hydrogens (tertiary/aromatic N) is 2. The first kappa shape index (κ1) is 19.0. The van der Waals surface area contributed by atoms with Gasteiger partial charge in [0, 0.05) is 12.6 Å². The maximum Gasteiger partial charge on any atom is 0.262 e. The zero-order valence-corrected chi connectivity index (χ0v) is 16.3. The van der Waals surface area contributed by atoms with Crippen molar-refractivity contribution in [2.75, 3.05) is 5.75 Å². The normalized spacial score (nSPS) is 20.2. The van der Waals surface area contributed by atoms with E-state index in [4.69, 9.17) is 0 Å². The Morgan fingerprint density at radius 2 is 2.08 bits per heavy atom. The smallest absolute Gasteiger partial charge is 0.262 e.